The summed E-state index contributed by atoms with van der Waals surface area (Å²) in [7, 11) is 1.66. The van der Waals surface area contributed by atoms with Crippen LogP contribution in [0.15, 0.2) is 28.7 Å². The molecule has 0 bridgehead atoms. The molecule has 3 heteroatoms. The number of benzene rings is 1. The Morgan fingerprint density at radius 3 is 2.79 bits per heavy atom. The van der Waals surface area contributed by atoms with Crippen LogP contribution in [-0.4, -0.2) is 12.1 Å². The van der Waals surface area contributed by atoms with Gasteiger partial charge < -0.3 is 4.74 Å². The molecule has 0 saturated carbocycles. The van der Waals surface area contributed by atoms with Crippen molar-refractivity contribution in [2.75, 3.05) is 7.11 Å². The van der Waals surface area contributed by atoms with E-state index in [1.807, 2.05) is 25.1 Å². The van der Waals surface area contributed by atoms with Gasteiger partial charge in [0.2, 0.25) is 0 Å². The maximum absolute atomic E-state index is 5.15. The molecular formula is C11H10BrNO. The molecule has 0 aliphatic heterocycles. The van der Waals surface area contributed by atoms with Crippen LogP contribution in [0.4, 0.5) is 0 Å². The zero-order valence-electron chi connectivity index (χ0n) is 8.04. The highest BCUT2D eigenvalue weighted by atomic mass is 79.9. The number of fused-ring (bicyclic) bond motifs is 1. The van der Waals surface area contributed by atoms with Crippen LogP contribution in [0.25, 0.3) is 10.9 Å². The first-order valence-electron chi connectivity index (χ1n) is 4.31. The molecule has 0 N–H and O–H groups in total. The third kappa shape index (κ3) is 1.60. The van der Waals surface area contributed by atoms with Crippen molar-refractivity contribution in [1.29, 1.82) is 0 Å². The molecule has 0 saturated heterocycles. The van der Waals surface area contributed by atoms with Gasteiger partial charge in [0.1, 0.15) is 5.75 Å². The first-order valence-corrected chi connectivity index (χ1v) is 5.11. The lowest BCUT2D eigenvalue weighted by molar-refractivity contribution is 0.415. The Kier molecular flexibility index (Phi) is 2.42. The van der Waals surface area contributed by atoms with Gasteiger partial charge in [0.25, 0.3) is 0 Å². The van der Waals surface area contributed by atoms with Crippen LogP contribution in [0.3, 0.4) is 0 Å². The quantitative estimate of drug-likeness (QED) is 0.776. The number of hydrogen-bond acceptors (Lipinski definition) is 2. The summed E-state index contributed by atoms with van der Waals surface area (Å²) < 4.78 is 6.18. The Labute approximate surface area is 91.0 Å². The number of rotatable bonds is 1. The second-order valence-electron chi connectivity index (χ2n) is 3.11. The fraction of sp³-hybridized carbons (Fsp3) is 0.182. The Morgan fingerprint density at radius 1 is 1.29 bits per heavy atom. The second kappa shape index (κ2) is 3.58. The van der Waals surface area contributed by atoms with Gasteiger partial charge in [-0.05, 0) is 47.1 Å². The molecule has 0 unspecified atom stereocenters. The van der Waals surface area contributed by atoms with Crippen molar-refractivity contribution in [2.45, 2.75) is 6.92 Å². The molecule has 0 fully saturated rings. The Morgan fingerprint density at radius 2 is 2.07 bits per heavy atom. The van der Waals surface area contributed by atoms with Gasteiger partial charge in [0, 0.05) is 9.86 Å². The van der Waals surface area contributed by atoms with Crippen molar-refractivity contribution in [3.63, 3.8) is 0 Å². The molecule has 0 radical (unpaired) electrons. The maximum atomic E-state index is 5.15. The van der Waals surface area contributed by atoms with Crippen molar-refractivity contribution in [3.05, 3.63) is 34.4 Å². The minimum Gasteiger partial charge on any atom is -0.497 e. The van der Waals surface area contributed by atoms with Crippen molar-refractivity contribution in [1.82, 2.24) is 4.98 Å². The summed E-state index contributed by atoms with van der Waals surface area (Å²) in [4.78, 5) is 4.45. The van der Waals surface area contributed by atoms with E-state index < -0.39 is 0 Å². The van der Waals surface area contributed by atoms with Crippen LogP contribution in [0.2, 0.25) is 0 Å². The average Bonchev–Trinajstić information content (AvgIpc) is 2.19. The number of halogens is 1. The first kappa shape index (κ1) is 9.46. The minimum atomic E-state index is 0.857. The van der Waals surface area contributed by atoms with E-state index in [9.17, 15) is 0 Å². The van der Waals surface area contributed by atoms with Crippen LogP contribution in [0.1, 0.15) is 5.69 Å². The van der Waals surface area contributed by atoms with Crippen LogP contribution in [-0.2, 0) is 0 Å². The van der Waals surface area contributed by atoms with Gasteiger partial charge in [-0.25, -0.2) is 0 Å². The molecule has 14 heavy (non-hydrogen) atoms. The predicted molar refractivity (Wildman–Crippen MR) is 60.7 cm³/mol. The number of aromatic nitrogens is 1. The van der Waals surface area contributed by atoms with Crippen LogP contribution >= 0.6 is 15.9 Å². The first-order chi connectivity index (χ1) is 6.70. The van der Waals surface area contributed by atoms with Gasteiger partial charge in [0.15, 0.2) is 0 Å². The van der Waals surface area contributed by atoms with E-state index in [0.717, 1.165) is 26.8 Å². The zero-order chi connectivity index (χ0) is 10.1. The van der Waals surface area contributed by atoms with Gasteiger partial charge in [-0.3, -0.25) is 4.98 Å². The second-order valence-corrected chi connectivity index (χ2v) is 3.97. The lowest BCUT2D eigenvalue weighted by atomic mass is 10.2. The standard InChI is InChI=1S/C11H10BrNO/c1-7-10(12)6-8-5-9(14-2)3-4-11(8)13-7/h3-6H,1-2H3. The summed E-state index contributed by atoms with van der Waals surface area (Å²) in [5.74, 6) is 0.857. The lowest BCUT2D eigenvalue weighted by Crippen LogP contribution is -1.87. The number of nitrogens with zero attached hydrogens (tertiary/aromatic N) is 1. The van der Waals surface area contributed by atoms with E-state index in [2.05, 4.69) is 27.0 Å². The Bertz CT molecular complexity index is 482. The SMILES string of the molecule is COc1ccc2nc(C)c(Br)cc2c1. The third-order valence-corrected chi connectivity index (χ3v) is 2.95. The summed E-state index contributed by atoms with van der Waals surface area (Å²) in [6.07, 6.45) is 0. The fourth-order valence-corrected chi connectivity index (χ4v) is 1.69. The zero-order valence-corrected chi connectivity index (χ0v) is 9.63. The van der Waals surface area contributed by atoms with Crippen molar-refractivity contribution in [3.8, 4) is 5.75 Å². The summed E-state index contributed by atoms with van der Waals surface area (Å²) in [5.41, 5.74) is 1.99. The van der Waals surface area contributed by atoms with E-state index >= 15 is 0 Å². The number of hydrogen-bond donors (Lipinski definition) is 0. The molecule has 1 aromatic heterocycles. The number of methoxy groups -OCH3 is 1. The van der Waals surface area contributed by atoms with Gasteiger partial charge >= 0.3 is 0 Å². The molecule has 0 spiro atoms. The third-order valence-electron chi connectivity index (χ3n) is 2.15. The van der Waals surface area contributed by atoms with E-state index in [1.165, 1.54) is 0 Å². The molecule has 0 aliphatic carbocycles. The highest BCUT2D eigenvalue weighted by molar-refractivity contribution is 9.10. The molecule has 0 atom stereocenters. The average molecular weight is 252 g/mol. The van der Waals surface area contributed by atoms with Crippen LogP contribution in [0.5, 0.6) is 5.75 Å². The molecule has 1 heterocycles. The summed E-state index contributed by atoms with van der Waals surface area (Å²) in [6.45, 7) is 1.98. The van der Waals surface area contributed by atoms with Crippen molar-refractivity contribution >= 4 is 26.8 Å². The van der Waals surface area contributed by atoms with E-state index in [-0.39, 0.29) is 0 Å². The van der Waals surface area contributed by atoms with E-state index in [0.29, 0.717) is 0 Å². The minimum absolute atomic E-state index is 0.857. The monoisotopic (exact) mass is 251 g/mol. The topological polar surface area (TPSA) is 22.1 Å². The van der Waals surface area contributed by atoms with Gasteiger partial charge in [-0.15, -0.1) is 0 Å². The van der Waals surface area contributed by atoms with Gasteiger partial charge in [-0.2, -0.15) is 0 Å². The molecule has 2 aromatic rings. The van der Waals surface area contributed by atoms with Crippen molar-refractivity contribution < 1.29 is 4.74 Å². The number of ether oxygens (including phenoxy) is 1. The summed E-state index contributed by atoms with van der Waals surface area (Å²) >= 11 is 3.46. The molecule has 72 valence electrons. The Hall–Kier alpha value is -1.09. The molecule has 0 aliphatic rings. The van der Waals surface area contributed by atoms with Crippen molar-refractivity contribution in [2.24, 2.45) is 0 Å². The number of aryl methyl sites for hydroxylation is 1. The van der Waals surface area contributed by atoms with Gasteiger partial charge in [-0.1, -0.05) is 0 Å². The number of pyridine rings is 1. The predicted octanol–water partition coefficient (Wildman–Crippen LogP) is 3.31. The maximum Gasteiger partial charge on any atom is 0.119 e. The molecule has 1 aromatic carbocycles. The Balaban J connectivity index is 2.70. The summed E-state index contributed by atoms with van der Waals surface area (Å²) in [6, 6.07) is 7.92. The van der Waals surface area contributed by atoms with Crippen LogP contribution < -0.4 is 4.74 Å². The van der Waals surface area contributed by atoms with E-state index in [1.54, 1.807) is 7.11 Å². The fourth-order valence-electron chi connectivity index (χ4n) is 1.35. The molecule has 2 nitrogen and oxygen atoms in total. The van der Waals surface area contributed by atoms with E-state index in [4.69, 9.17) is 4.74 Å². The molecule has 0 amide bonds. The lowest BCUT2D eigenvalue weighted by Gasteiger charge is -2.04. The highest BCUT2D eigenvalue weighted by Crippen LogP contribution is 2.24. The summed E-state index contributed by atoms with van der Waals surface area (Å²) in [5, 5.41) is 1.09. The molecule has 2 rings (SSSR count). The normalized spacial score (nSPS) is 10.5. The van der Waals surface area contributed by atoms with Gasteiger partial charge in [0.05, 0.1) is 18.3 Å². The molecular weight excluding hydrogens is 242 g/mol. The largest absolute Gasteiger partial charge is 0.497 e. The highest BCUT2D eigenvalue weighted by Gasteiger charge is 2.01. The smallest absolute Gasteiger partial charge is 0.119 e. The van der Waals surface area contributed by atoms with Crippen LogP contribution in [0, 0.1) is 6.92 Å².